The lowest BCUT2D eigenvalue weighted by Gasteiger charge is -2.30. The highest BCUT2D eigenvalue weighted by Gasteiger charge is 2.24. The summed E-state index contributed by atoms with van der Waals surface area (Å²) in [6.07, 6.45) is 1.91. The number of benzene rings is 2. The van der Waals surface area contributed by atoms with Gasteiger partial charge in [0.25, 0.3) is 11.8 Å². The third-order valence-corrected chi connectivity index (χ3v) is 4.38. The summed E-state index contributed by atoms with van der Waals surface area (Å²) in [4.78, 5) is 25.7. The Balaban J connectivity index is 1.88. The SMILES string of the molecule is COc1cc(C(=O)N2CCCc3cc(C)ccc32)ccc1OCC(N)=O. The normalized spacial score (nSPS) is 13.1. The van der Waals surface area contributed by atoms with Crippen LogP contribution in [-0.4, -0.2) is 32.1 Å². The van der Waals surface area contributed by atoms with Crippen molar-refractivity contribution in [1.82, 2.24) is 0 Å². The van der Waals surface area contributed by atoms with Crippen LogP contribution in [0.4, 0.5) is 5.69 Å². The monoisotopic (exact) mass is 354 g/mol. The van der Waals surface area contributed by atoms with Gasteiger partial charge in [0.1, 0.15) is 0 Å². The maximum Gasteiger partial charge on any atom is 0.258 e. The third-order valence-electron chi connectivity index (χ3n) is 4.38. The topological polar surface area (TPSA) is 81.9 Å². The number of aryl methyl sites for hydroxylation is 2. The summed E-state index contributed by atoms with van der Waals surface area (Å²) < 4.78 is 10.6. The van der Waals surface area contributed by atoms with E-state index < -0.39 is 5.91 Å². The second kappa shape index (κ2) is 7.47. The van der Waals surface area contributed by atoms with E-state index in [1.807, 2.05) is 12.1 Å². The fourth-order valence-corrected chi connectivity index (χ4v) is 3.16. The molecule has 0 saturated heterocycles. The number of anilines is 1. The van der Waals surface area contributed by atoms with Gasteiger partial charge in [0.2, 0.25) is 0 Å². The molecular weight excluding hydrogens is 332 g/mol. The number of hydrogen-bond acceptors (Lipinski definition) is 4. The molecule has 0 radical (unpaired) electrons. The maximum atomic E-state index is 13.0. The number of ether oxygens (including phenoxy) is 2. The van der Waals surface area contributed by atoms with Crippen LogP contribution in [0.15, 0.2) is 36.4 Å². The molecule has 0 aromatic heterocycles. The molecule has 0 unspecified atom stereocenters. The summed E-state index contributed by atoms with van der Waals surface area (Å²) in [7, 11) is 1.49. The summed E-state index contributed by atoms with van der Waals surface area (Å²) >= 11 is 0. The lowest BCUT2D eigenvalue weighted by Crippen LogP contribution is -2.35. The number of carbonyl (C=O) groups excluding carboxylic acids is 2. The Hall–Kier alpha value is -3.02. The summed E-state index contributed by atoms with van der Waals surface area (Å²) in [5.41, 5.74) is 8.94. The van der Waals surface area contributed by atoms with Crippen LogP contribution in [0.25, 0.3) is 0 Å². The maximum absolute atomic E-state index is 13.0. The molecular formula is C20H22N2O4. The van der Waals surface area contributed by atoms with E-state index >= 15 is 0 Å². The van der Waals surface area contributed by atoms with E-state index in [1.54, 1.807) is 23.1 Å². The summed E-state index contributed by atoms with van der Waals surface area (Å²) in [6.45, 7) is 2.48. The Bertz CT molecular complexity index is 848. The predicted molar refractivity (Wildman–Crippen MR) is 98.9 cm³/mol. The first-order chi connectivity index (χ1) is 12.5. The van der Waals surface area contributed by atoms with E-state index in [9.17, 15) is 9.59 Å². The predicted octanol–water partition coefficient (Wildman–Crippen LogP) is 2.46. The highest BCUT2D eigenvalue weighted by molar-refractivity contribution is 6.07. The van der Waals surface area contributed by atoms with Crippen molar-refractivity contribution in [2.75, 3.05) is 25.2 Å². The minimum absolute atomic E-state index is 0.0884. The molecule has 0 spiro atoms. The van der Waals surface area contributed by atoms with Crippen molar-refractivity contribution in [3.8, 4) is 11.5 Å². The van der Waals surface area contributed by atoms with Crippen LogP contribution in [0.5, 0.6) is 11.5 Å². The average Bonchev–Trinajstić information content (AvgIpc) is 2.64. The zero-order valence-corrected chi connectivity index (χ0v) is 15.0. The molecule has 6 heteroatoms. The van der Waals surface area contributed by atoms with E-state index in [0.717, 1.165) is 18.5 Å². The zero-order valence-electron chi connectivity index (χ0n) is 15.0. The fraction of sp³-hybridized carbons (Fsp3) is 0.300. The number of amides is 2. The van der Waals surface area contributed by atoms with Gasteiger partial charge in [-0.05, 0) is 49.6 Å². The molecule has 0 bridgehead atoms. The first kappa shape index (κ1) is 17.8. The van der Waals surface area contributed by atoms with Crippen LogP contribution >= 0.6 is 0 Å². The van der Waals surface area contributed by atoms with Crippen molar-refractivity contribution in [2.45, 2.75) is 19.8 Å². The van der Waals surface area contributed by atoms with Crippen molar-refractivity contribution >= 4 is 17.5 Å². The van der Waals surface area contributed by atoms with Crippen LogP contribution in [-0.2, 0) is 11.2 Å². The number of rotatable bonds is 5. The van der Waals surface area contributed by atoms with Crippen molar-refractivity contribution in [3.63, 3.8) is 0 Å². The smallest absolute Gasteiger partial charge is 0.258 e. The van der Waals surface area contributed by atoms with Gasteiger partial charge in [-0.3, -0.25) is 9.59 Å². The van der Waals surface area contributed by atoms with Crippen molar-refractivity contribution in [2.24, 2.45) is 5.73 Å². The molecule has 1 aliphatic rings. The molecule has 0 atom stereocenters. The van der Waals surface area contributed by atoms with Crippen LogP contribution in [0.3, 0.4) is 0 Å². The number of methoxy groups -OCH3 is 1. The van der Waals surface area contributed by atoms with E-state index in [4.69, 9.17) is 15.2 Å². The Morgan fingerprint density at radius 3 is 2.69 bits per heavy atom. The molecule has 2 amide bonds. The number of nitrogens with zero attached hydrogens (tertiary/aromatic N) is 1. The summed E-state index contributed by atoms with van der Waals surface area (Å²) in [5, 5.41) is 0. The number of nitrogens with two attached hydrogens (primary N) is 1. The average molecular weight is 354 g/mol. The molecule has 2 N–H and O–H groups in total. The molecule has 0 aliphatic carbocycles. The highest BCUT2D eigenvalue weighted by Crippen LogP contribution is 2.32. The molecule has 136 valence electrons. The lowest BCUT2D eigenvalue weighted by atomic mass is 9.99. The Kier molecular flexibility index (Phi) is 5.11. The van der Waals surface area contributed by atoms with Crippen molar-refractivity contribution < 1.29 is 19.1 Å². The fourth-order valence-electron chi connectivity index (χ4n) is 3.16. The molecule has 26 heavy (non-hydrogen) atoms. The van der Waals surface area contributed by atoms with E-state index in [2.05, 4.69) is 13.0 Å². The molecule has 3 rings (SSSR count). The second-order valence-electron chi connectivity index (χ2n) is 6.31. The van der Waals surface area contributed by atoms with E-state index in [-0.39, 0.29) is 12.5 Å². The zero-order chi connectivity index (χ0) is 18.7. The number of carbonyl (C=O) groups is 2. The van der Waals surface area contributed by atoms with Gasteiger partial charge >= 0.3 is 0 Å². The van der Waals surface area contributed by atoms with E-state index in [0.29, 0.717) is 23.6 Å². The molecule has 1 aliphatic heterocycles. The van der Waals surface area contributed by atoms with Crippen LogP contribution in [0.2, 0.25) is 0 Å². The minimum Gasteiger partial charge on any atom is -0.493 e. The Labute approximate surface area is 152 Å². The minimum atomic E-state index is -0.576. The van der Waals surface area contributed by atoms with Crippen LogP contribution in [0.1, 0.15) is 27.9 Å². The highest BCUT2D eigenvalue weighted by atomic mass is 16.5. The first-order valence-electron chi connectivity index (χ1n) is 8.50. The largest absolute Gasteiger partial charge is 0.493 e. The van der Waals surface area contributed by atoms with Crippen LogP contribution < -0.4 is 20.1 Å². The number of hydrogen-bond donors (Lipinski definition) is 1. The Morgan fingerprint density at radius 1 is 1.15 bits per heavy atom. The van der Waals surface area contributed by atoms with Gasteiger partial charge < -0.3 is 20.1 Å². The van der Waals surface area contributed by atoms with Crippen molar-refractivity contribution in [3.05, 3.63) is 53.1 Å². The standard InChI is InChI=1S/C20H22N2O4/c1-13-5-7-16-14(10-13)4-3-9-22(16)20(24)15-6-8-17(18(11-15)25-2)26-12-19(21)23/h5-8,10-11H,3-4,9,12H2,1-2H3,(H2,21,23). The third kappa shape index (κ3) is 3.64. The number of primary amides is 1. The van der Waals surface area contributed by atoms with Gasteiger partial charge in [-0.2, -0.15) is 0 Å². The van der Waals surface area contributed by atoms with Gasteiger partial charge in [0.15, 0.2) is 18.1 Å². The van der Waals surface area contributed by atoms with Gasteiger partial charge in [-0.1, -0.05) is 17.7 Å². The summed E-state index contributed by atoms with van der Waals surface area (Å²) in [5.74, 6) is 0.0951. The molecule has 2 aromatic carbocycles. The second-order valence-corrected chi connectivity index (χ2v) is 6.31. The van der Waals surface area contributed by atoms with Crippen molar-refractivity contribution in [1.29, 1.82) is 0 Å². The summed E-state index contributed by atoms with van der Waals surface area (Å²) in [6, 6.07) is 11.1. The first-order valence-corrected chi connectivity index (χ1v) is 8.50. The molecule has 6 nitrogen and oxygen atoms in total. The molecule has 0 saturated carbocycles. The van der Waals surface area contributed by atoms with Gasteiger partial charge in [0, 0.05) is 17.8 Å². The van der Waals surface area contributed by atoms with Gasteiger partial charge in [0.05, 0.1) is 7.11 Å². The number of fused-ring (bicyclic) bond motifs is 1. The molecule has 2 aromatic rings. The van der Waals surface area contributed by atoms with E-state index in [1.165, 1.54) is 18.2 Å². The molecule has 1 heterocycles. The Morgan fingerprint density at radius 2 is 1.96 bits per heavy atom. The van der Waals surface area contributed by atoms with Crippen LogP contribution in [0, 0.1) is 6.92 Å². The quantitative estimate of drug-likeness (QED) is 0.894. The van der Waals surface area contributed by atoms with Gasteiger partial charge in [-0.25, -0.2) is 0 Å². The van der Waals surface area contributed by atoms with Gasteiger partial charge in [-0.15, -0.1) is 0 Å². The lowest BCUT2D eigenvalue weighted by molar-refractivity contribution is -0.119. The molecule has 0 fully saturated rings.